The van der Waals surface area contributed by atoms with Crippen molar-refractivity contribution in [3.8, 4) is 0 Å². The first kappa shape index (κ1) is 17.3. The molecule has 0 radical (unpaired) electrons. The summed E-state index contributed by atoms with van der Waals surface area (Å²) in [4.78, 5) is 28.1. The van der Waals surface area contributed by atoms with Crippen LogP contribution in [0.5, 0.6) is 0 Å². The Morgan fingerprint density at radius 1 is 1.21 bits per heavy atom. The summed E-state index contributed by atoms with van der Waals surface area (Å²) in [6.07, 6.45) is 6.28. The van der Waals surface area contributed by atoms with Crippen LogP contribution < -0.4 is 10.2 Å². The zero-order valence-electron chi connectivity index (χ0n) is 17.1. The normalized spacial score (nSPS) is 30.2. The third-order valence-corrected chi connectivity index (χ3v) is 7.08. The van der Waals surface area contributed by atoms with Crippen LogP contribution in [0.3, 0.4) is 0 Å². The predicted molar refractivity (Wildman–Crippen MR) is 108 cm³/mol. The lowest BCUT2D eigenvalue weighted by Gasteiger charge is -2.41. The Balaban J connectivity index is 1.42. The minimum Gasteiger partial charge on any atom is -0.374 e. The highest BCUT2D eigenvalue weighted by Gasteiger charge is 2.62. The number of fused-ring (bicyclic) bond motifs is 3. The Labute approximate surface area is 169 Å². The highest BCUT2D eigenvalue weighted by atomic mass is 16.5. The van der Waals surface area contributed by atoms with Crippen LogP contribution >= 0.6 is 0 Å². The predicted octanol–water partition coefficient (Wildman–Crippen LogP) is 3.14. The number of carbonyl (C=O) groups excluding carboxylic acids is 1. The van der Waals surface area contributed by atoms with Crippen LogP contribution in [0, 0.1) is 6.92 Å². The largest absolute Gasteiger partial charge is 0.374 e. The summed E-state index contributed by atoms with van der Waals surface area (Å²) in [5.41, 5.74) is 3.50. The van der Waals surface area contributed by atoms with Crippen molar-refractivity contribution in [3.05, 3.63) is 35.4 Å². The molecule has 7 nitrogen and oxygen atoms in total. The SMILES string of the molecule is CC(=O)Nc1cc2c(cn1)C1(CC1)CN2c1cc(C)nc(C23COC(C)(C2)C3)n1. The van der Waals surface area contributed by atoms with Gasteiger partial charge in [-0.2, -0.15) is 0 Å². The lowest BCUT2D eigenvalue weighted by Crippen LogP contribution is -2.46. The highest BCUT2D eigenvalue weighted by molar-refractivity contribution is 5.89. The van der Waals surface area contributed by atoms with Gasteiger partial charge in [-0.05, 0) is 39.5 Å². The maximum atomic E-state index is 11.5. The first-order chi connectivity index (χ1) is 13.8. The Hall–Kier alpha value is -2.54. The Bertz CT molecular complexity index is 1060. The summed E-state index contributed by atoms with van der Waals surface area (Å²) in [6.45, 7) is 7.34. The van der Waals surface area contributed by atoms with E-state index in [4.69, 9.17) is 14.7 Å². The number of amides is 1. The number of nitrogens with zero attached hydrogens (tertiary/aromatic N) is 4. The maximum Gasteiger partial charge on any atom is 0.222 e. The molecule has 0 aromatic carbocycles. The number of aromatic nitrogens is 3. The number of nitrogens with one attached hydrogen (secondary N) is 1. The second kappa shape index (κ2) is 5.33. The number of hydrogen-bond donors (Lipinski definition) is 1. The molecular formula is C22H25N5O2. The van der Waals surface area contributed by atoms with E-state index in [-0.39, 0.29) is 22.3 Å². The van der Waals surface area contributed by atoms with E-state index in [1.807, 2.05) is 19.2 Å². The van der Waals surface area contributed by atoms with Gasteiger partial charge >= 0.3 is 0 Å². The van der Waals surface area contributed by atoms with Crippen molar-refractivity contribution in [2.45, 2.75) is 62.9 Å². The molecule has 1 amide bonds. The number of pyridine rings is 1. The molecule has 150 valence electrons. The van der Waals surface area contributed by atoms with E-state index >= 15 is 0 Å². The molecule has 2 aromatic heterocycles. The lowest BCUT2D eigenvalue weighted by atomic mass is 9.63. The van der Waals surface area contributed by atoms with E-state index < -0.39 is 0 Å². The van der Waals surface area contributed by atoms with E-state index in [9.17, 15) is 4.79 Å². The molecule has 7 heteroatoms. The van der Waals surface area contributed by atoms with Crippen LogP contribution in [0.2, 0.25) is 0 Å². The second-order valence-corrected chi connectivity index (χ2v) is 9.70. The van der Waals surface area contributed by atoms with Crippen molar-refractivity contribution in [2.75, 3.05) is 23.4 Å². The topological polar surface area (TPSA) is 80.2 Å². The van der Waals surface area contributed by atoms with Crippen molar-refractivity contribution in [1.29, 1.82) is 0 Å². The molecule has 2 aromatic rings. The third-order valence-electron chi connectivity index (χ3n) is 7.08. The van der Waals surface area contributed by atoms with Gasteiger partial charge in [-0.25, -0.2) is 15.0 Å². The van der Waals surface area contributed by atoms with E-state index in [2.05, 4.69) is 28.2 Å². The van der Waals surface area contributed by atoms with E-state index in [1.54, 1.807) is 0 Å². The number of rotatable bonds is 3. The van der Waals surface area contributed by atoms with Gasteiger partial charge in [0.1, 0.15) is 17.5 Å². The van der Waals surface area contributed by atoms with E-state index in [1.165, 1.54) is 25.3 Å². The molecule has 5 aliphatic rings. The van der Waals surface area contributed by atoms with E-state index in [0.717, 1.165) is 42.4 Å². The molecule has 2 saturated carbocycles. The Morgan fingerprint density at radius 3 is 2.66 bits per heavy atom. The fourth-order valence-corrected chi connectivity index (χ4v) is 5.63. The van der Waals surface area contributed by atoms with Gasteiger partial charge in [0.2, 0.25) is 5.91 Å². The maximum absolute atomic E-state index is 11.5. The summed E-state index contributed by atoms with van der Waals surface area (Å²) in [6, 6.07) is 4.05. The van der Waals surface area contributed by atoms with Crippen molar-refractivity contribution in [2.24, 2.45) is 0 Å². The number of aryl methyl sites for hydroxylation is 1. The molecule has 2 bridgehead atoms. The van der Waals surface area contributed by atoms with Crippen molar-refractivity contribution >= 4 is 23.2 Å². The van der Waals surface area contributed by atoms with Gasteiger partial charge in [-0.1, -0.05) is 0 Å². The summed E-state index contributed by atoms with van der Waals surface area (Å²) in [5.74, 6) is 2.32. The number of ether oxygens (including phenoxy) is 1. The first-order valence-electron chi connectivity index (χ1n) is 10.4. The average molecular weight is 391 g/mol. The Kier molecular flexibility index (Phi) is 3.18. The Morgan fingerprint density at radius 2 is 2.00 bits per heavy atom. The van der Waals surface area contributed by atoms with Crippen LogP contribution in [-0.2, 0) is 20.4 Å². The fraction of sp³-hybridized carbons (Fsp3) is 0.545. The van der Waals surface area contributed by atoms with Crippen LogP contribution in [-0.4, -0.2) is 39.6 Å². The van der Waals surface area contributed by atoms with Crippen LogP contribution in [0.15, 0.2) is 18.3 Å². The van der Waals surface area contributed by atoms with Crippen molar-refractivity contribution in [3.63, 3.8) is 0 Å². The molecule has 4 fully saturated rings. The molecule has 29 heavy (non-hydrogen) atoms. The van der Waals surface area contributed by atoms with Gasteiger partial charge in [-0.15, -0.1) is 0 Å². The fourth-order valence-electron chi connectivity index (χ4n) is 5.63. The van der Waals surface area contributed by atoms with Crippen molar-refractivity contribution in [1.82, 2.24) is 15.0 Å². The molecule has 2 aliphatic carbocycles. The summed E-state index contributed by atoms with van der Waals surface area (Å²) in [7, 11) is 0. The smallest absolute Gasteiger partial charge is 0.222 e. The monoisotopic (exact) mass is 391 g/mol. The molecule has 7 rings (SSSR count). The minimum absolute atomic E-state index is 0.00448. The molecule has 0 unspecified atom stereocenters. The molecule has 3 aliphatic heterocycles. The zero-order valence-corrected chi connectivity index (χ0v) is 17.1. The average Bonchev–Trinajstić information content (AvgIpc) is 3.08. The molecule has 0 atom stereocenters. The number of carbonyl (C=O) groups is 1. The number of anilines is 3. The van der Waals surface area contributed by atoms with Gasteiger partial charge in [0, 0.05) is 48.5 Å². The minimum atomic E-state index is -0.114. The van der Waals surface area contributed by atoms with Gasteiger partial charge in [0.25, 0.3) is 0 Å². The molecule has 1 N–H and O–H groups in total. The zero-order chi connectivity index (χ0) is 20.0. The van der Waals surface area contributed by atoms with Gasteiger partial charge in [0.15, 0.2) is 0 Å². The molecular weight excluding hydrogens is 366 g/mol. The quantitative estimate of drug-likeness (QED) is 0.866. The highest BCUT2D eigenvalue weighted by Crippen LogP contribution is 2.59. The van der Waals surface area contributed by atoms with E-state index in [0.29, 0.717) is 12.4 Å². The summed E-state index contributed by atoms with van der Waals surface area (Å²) < 4.78 is 5.99. The first-order valence-corrected chi connectivity index (χ1v) is 10.4. The van der Waals surface area contributed by atoms with Crippen LogP contribution in [0.4, 0.5) is 17.3 Å². The lowest BCUT2D eigenvalue weighted by molar-refractivity contribution is -0.114. The number of hydrogen-bond acceptors (Lipinski definition) is 6. The van der Waals surface area contributed by atoms with Gasteiger partial charge in [0.05, 0.1) is 23.3 Å². The van der Waals surface area contributed by atoms with Crippen molar-refractivity contribution < 1.29 is 9.53 Å². The summed E-state index contributed by atoms with van der Waals surface area (Å²) in [5, 5.41) is 2.81. The van der Waals surface area contributed by atoms with Crippen LogP contribution in [0.1, 0.15) is 56.6 Å². The molecule has 1 spiro atoms. The second-order valence-electron chi connectivity index (χ2n) is 9.70. The van der Waals surface area contributed by atoms with Gasteiger partial charge < -0.3 is 15.0 Å². The summed E-state index contributed by atoms with van der Waals surface area (Å²) >= 11 is 0. The molecule has 2 saturated heterocycles. The van der Waals surface area contributed by atoms with Crippen LogP contribution in [0.25, 0.3) is 0 Å². The standard InChI is InChI=1S/C22H25N5O2/c1-13-6-18(26-19(24-13)22-9-20(3,10-22)29-12-22)27-11-21(4-5-21)15-8-23-17(7-16(15)27)25-14(2)28/h6-8H,4-5,9-12H2,1-3H3,(H,23,25,28). The molecule has 5 heterocycles. The van der Waals surface area contributed by atoms with Gasteiger partial charge in [-0.3, -0.25) is 4.79 Å². The third kappa shape index (κ3) is 2.46.